The first-order valence-electron chi connectivity index (χ1n) is 6.19. The first-order chi connectivity index (χ1) is 9.49. The Labute approximate surface area is 122 Å². The van der Waals surface area contributed by atoms with Gasteiger partial charge in [-0.2, -0.15) is 0 Å². The van der Waals surface area contributed by atoms with E-state index in [0.29, 0.717) is 18.8 Å². The zero-order valence-electron chi connectivity index (χ0n) is 11.2. The molecule has 0 aliphatic carbocycles. The number of carboxylic acid groups (broad SMARTS) is 1. The Bertz CT molecular complexity index is 517. The first kappa shape index (κ1) is 16.0. The van der Waals surface area contributed by atoms with Gasteiger partial charge in [0.1, 0.15) is 0 Å². The number of rotatable bonds is 6. The fourth-order valence-electron chi connectivity index (χ4n) is 1.65. The molecule has 0 aliphatic rings. The molecule has 0 fully saturated rings. The zero-order valence-corrected chi connectivity index (χ0v) is 12.0. The quantitative estimate of drug-likeness (QED) is 0.790. The van der Waals surface area contributed by atoms with E-state index in [1.54, 1.807) is 11.0 Å². The molecule has 6 heteroatoms. The van der Waals surface area contributed by atoms with E-state index < -0.39 is 5.97 Å². The van der Waals surface area contributed by atoms with Gasteiger partial charge in [-0.05, 0) is 24.6 Å². The Morgan fingerprint density at radius 3 is 2.70 bits per heavy atom. The van der Waals surface area contributed by atoms with Gasteiger partial charge in [0.25, 0.3) is 0 Å². The van der Waals surface area contributed by atoms with E-state index in [9.17, 15) is 9.59 Å². The molecular weight excluding hydrogens is 280 g/mol. The number of aromatic carboxylic acids is 1. The largest absolute Gasteiger partial charge is 0.478 e. The maximum atomic E-state index is 12.1. The molecule has 20 heavy (non-hydrogen) atoms. The van der Waals surface area contributed by atoms with Gasteiger partial charge in [-0.1, -0.05) is 24.6 Å². The van der Waals surface area contributed by atoms with E-state index in [1.165, 1.54) is 18.2 Å². The number of urea groups is 1. The Kier molecular flexibility index (Phi) is 6.06. The minimum Gasteiger partial charge on any atom is -0.478 e. The van der Waals surface area contributed by atoms with Crippen LogP contribution in [0.15, 0.2) is 30.9 Å². The van der Waals surface area contributed by atoms with Crippen LogP contribution < -0.4 is 5.32 Å². The molecule has 1 rings (SSSR count). The minimum atomic E-state index is -1.07. The van der Waals surface area contributed by atoms with Gasteiger partial charge in [-0.3, -0.25) is 0 Å². The van der Waals surface area contributed by atoms with E-state index >= 15 is 0 Å². The third-order valence-electron chi connectivity index (χ3n) is 2.59. The normalized spacial score (nSPS) is 9.90. The number of carbonyl (C=O) groups excluding carboxylic acids is 1. The number of carboxylic acids is 1. The Balaban J connectivity index is 2.83. The van der Waals surface area contributed by atoms with Crippen LogP contribution in [0.1, 0.15) is 23.7 Å². The molecule has 108 valence electrons. The fraction of sp³-hybridized carbons (Fsp3) is 0.286. The molecule has 0 radical (unpaired) electrons. The number of carbonyl (C=O) groups is 2. The van der Waals surface area contributed by atoms with Crippen LogP contribution in [-0.4, -0.2) is 35.1 Å². The van der Waals surface area contributed by atoms with Crippen molar-refractivity contribution in [2.45, 2.75) is 13.3 Å². The SMILES string of the molecule is C=CCN(CCC)C(=O)Nc1ccc(C(=O)O)cc1Cl. The standard InChI is InChI=1S/C14H17ClN2O3/c1-3-7-17(8-4-2)14(20)16-12-6-5-10(13(18)19)9-11(12)15/h3,5-6,9H,1,4,7-8H2,2H3,(H,16,20)(H,18,19). The van der Waals surface area contributed by atoms with Crippen LogP contribution in [0.2, 0.25) is 5.02 Å². The molecule has 0 aliphatic heterocycles. The third-order valence-corrected chi connectivity index (χ3v) is 2.90. The molecule has 0 bridgehead atoms. The van der Waals surface area contributed by atoms with Crippen LogP contribution in [-0.2, 0) is 0 Å². The van der Waals surface area contributed by atoms with Crippen LogP contribution in [0, 0.1) is 0 Å². The van der Waals surface area contributed by atoms with Crippen molar-refractivity contribution in [1.82, 2.24) is 4.90 Å². The molecular formula is C14H17ClN2O3. The third kappa shape index (κ3) is 4.28. The van der Waals surface area contributed by atoms with Gasteiger partial charge in [0.2, 0.25) is 0 Å². The summed E-state index contributed by atoms with van der Waals surface area (Å²) >= 11 is 5.96. The molecule has 0 aromatic heterocycles. The number of halogens is 1. The van der Waals surface area contributed by atoms with Gasteiger partial charge in [-0.25, -0.2) is 9.59 Å². The number of nitrogens with one attached hydrogen (secondary N) is 1. The lowest BCUT2D eigenvalue weighted by molar-refractivity contribution is 0.0697. The lowest BCUT2D eigenvalue weighted by Crippen LogP contribution is -2.35. The van der Waals surface area contributed by atoms with Gasteiger partial charge in [0, 0.05) is 13.1 Å². The fourth-order valence-corrected chi connectivity index (χ4v) is 1.87. The highest BCUT2D eigenvalue weighted by Gasteiger charge is 2.14. The van der Waals surface area contributed by atoms with Gasteiger partial charge >= 0.3 is 12.0 Å². The molecule has 0 spiro atoms. The number of hydrogen-bond donors (Lipinski definition) is 2. The second-order valence-corrected chi connectivity index (χ2v) is 4.57. The molecule has 5 nitrogen and oxygen atoms in total. The van der Waals surface area contributed by atoms with Gasteiger partial charge in [0.05, 0.1) is 16.3 Å². The highest BCUT2D eigenvalue weighted by Crippen LogP contribution is 2.23. The summed E-state index contributed by atoms with van der Waals surface area (Å²) in [5.74, 6) is -1.07. The molecule has 0 heterocycles. The van der Waals surface area contributed by atoms with E-state index in [2.05, 4.69) is 11.9 Å². The van der Waals surface area contributed by atoms with Crippen molar-refractivity contribution >= 4 is 29.3 Å². The summed E-state index contributed by atoms with van der Waals surface area (Å²) < 4.78 is 0. The average molecular weight is 297 g/mol. The molecule has 0 unspecified atom stereocenters. The second-order valence-electron chi connectivity index (χ2n) is 4.16. The second kappa shape index (κ2) is 7.55. The van der Waals surface area contributed by atoms with Crippen molar-refractivity contribution in [3.63, 3.8) is 0 Å². The molecule has 1 aromatic rings. The lowest BCUT2D eigenvalue weighted by atomic mass is 10.2. The smallest absolute Gasteiger partial charge is 0.335 e. The molecule has 0 saturated heterocycles. The number of amides is 2. The summed E-state index contributed by atoms with van der Waals surface area (Å²) in [5, 5.41) is 11.7. The summed E-state index contributed by atoms with van der Waals surface area (Å²) in [6, 6.07) is 3.87. The van der Waals surface area contributed by atoms with E-state index in [0.717, 1.165) is 6.42 Å². The highest BCUT2D eigenvalue weighted by atomic mass is 35.5. The van der Waals surface area contributed by atoms with Crippen LogP contribution in [0.25, 0.3) is 0 Å². The summed E-state index contributed by atoms with van der Waals surface area (Å²) in [5.41, 5.74) is 0.455. The topological polar surface area (TPSA) is 69.6 Å². The molecule has 2 amide bonds. The maximum absolute atomic E-state index is 12.1. The van der Waals surface area contributed by atoms with E-state index in [4.69, 9.17) is 16.7 Å². The summed E-state index contributed by atoms with van der Waals surface area (Å²) in [7, 11) is 0. The minimum absolute atomic E-state index is 0.0736. The molecule has 2 N–H and O–H groups in total. The predicted molar refractivity (Wildman–Crippen MR) is 79.5 cm³/mol. The first-order valence-corrected chi connectivity index (χ1v) is 6.57. The van der Waals surface area contributed by atoms with Crippen molar-refractivity contribution in [3.05, 3.63) is 41.4 Å². The zero-order chi connectivity index (χ0) is 15.1. The highest BCUT2D eigenvalue weighted by molar-refractivity contribution is 6.34. The summed E-state index contributed by atoms with van der Waals surface area (Å²) in [4.78, 5) is 24.4. The van der Waals surface area contributed by atoms with E-state index in [-0.39, 0.29) is 16.6 Å². The van der Waals surface area contributed by atoms with Crippen molar-refractivity contribution < 1.29 is 14.7 Å². The van der Waals surface area contributed by atoms with E-state index in [1.807, 2.05) is 6.92 Å². The monoisotopic (exact) mass is 296 g/mol. The van der Waals surface area contributed by atoms with Crippen molar-refractivity contribution in [3.8, 4) is 0 Å². The van der Waals surface area contributed by atoms with Gasteiger partial charge in [-0.15, -0.1) is 6.58 Å². The molecule has 0 saturated carbocycles. The lowest BCUT2D eigenvalue weighted by Gasteiger charge is -2.21. The predicted octanol–water partition coefficient (Wildman–Crippen LogP) is 3.47. The summed E-state index contributed by atoms with van der Waals surface area (Å²) in [6.45, 7) is 6.61. The van der Waals surface area contributed by atoms with Crippen LogP contribution in [0.3, 0.4) is 0 Å². The number of anilines is 1. The Hall–Kier alpha value is -2.01. The van der Waals surface area contributed by atoms with Gasteiger partial charge < -0.3 is 15.3 Å². The summed E-state index contributed by atoms with van der Waals surface area (Å²) in [6.07, 6.45) is 2.47. The molecule has 0 atom stereocenters. The Morgan fingerprint density at radius 1 is 1.50 bits per heavy atom. The number of benzene rings is 1. The average Bonchev–Trinajstić information content (AvgIpc) is 2.40. The Morgan fingerprint density at radius 2 is 2.20 bits per heavy atom. The number of nitrogens with zero attached hydrogens (tertiary/aromatic N) is 1. The van der Waals surface area contributed by atoms with Crippen molar-refractivity contribution in [1.29, 1.82) is 0 Å². The van der Waals surface area contributed by atoms with Crippen molar-refractivity contribution in [2.75, 3.05) is 18.4 Å². The van der Waals surface area contributed by atoms with Crippen LogP contribution >= 0.6 is 11.6 Å². The van der Waals surface area contributed by atoms with Crippen molar-refractivity contribution in [2.24, 2.45) is 0 Å². The maximum Gasteiger partial charge on any atom is 0.335 e. The van der Waals surface area contributed by atoms with Gasteiger partial charge in [0.15, 0.2) is 0 Å². The number of hydrogen-bond acceptors (Lipinski definition) is 2. The molecule has 1 aromatic carbocycles. The van der Waals surface area contributed by atoms with Crippen LogP contribution in [0.5, 0.6) is 0 Å². The van der Waals surface area contributed by atoms with Crippen LogP contribution in [0.4, 0.5) is 10.5 Å².